The Morgan fingerprint density at radius 3 is 2.47 bits per heavy atom. The molecular weight excluding hydrogens is 446 g/mol. The Bertz CT molecular complexity index is 1330. The number of hydroxylamine groups is 1. The SMILES string of the molecule is Cc1ccc([C@@H]2[C@H]3C(=O)N(c4sc5c(c4C#N)CCCC5)C(=O)[C@@H]3ON2c2ccccc2)cc1. The van der Waals surface area contributed by atoms with Gasteiger partial charge in [-0.15, -0.1) is 11.3 Å². The van der Waals surface area contributed by atoms with E-state index in [1.807, 2.05) is 61.5 Å². The van der Waals surface area contributed by atoms with Crippen molar-refractivity contribution in [1.29, 1.82) is 5.26 Å². The smallest absolute Gasteiger partial charge is 0.267 e. The van der Waals surface area contributed by atoms with E-state index < -0.39 is 18.1 Å². The van der Waals surface area contributed by atoms with Gasteiger partial charge in [0.05, 0.1) is 17.3 Å². The molecule has 0 unspecified atom stereocenters. The maximum absolute atomic E-state index is 13.9. The van der Waals surface area contributed by atoms with Crippen LogP contribution in [0.25, 0.3) is 0 Å². The van der Waals surface area contributed by atoms with Gasteiger partial charge in [0.1, 0.15) is 17.0 Å². The van der Waals surface area contributed by atoms with Crippen molar-refractivity contribution in [3.05, 3.63) is 81.7 Å². The average molecular weight is 470 g/mol. The van der Waals surface area contributed by atoms with Crippen LogP contribution in [-0.2, 0) is 27.3 Å². The first-order valence-electron chi connectivity index (χ1n) is 11.6. The van der Waals surface area contributed by atoms with Crippen molar-refractivity contribution in [3.63, 3.8) is 0 Å². The molecule has 0 spiro atoms. The van der Waals surface area contributed by atoms with Crippen molar-refractivity contribution in [1.82, 2.24) is 0 Å². The van der Waals surface area contributed by atoms with Crippen molar-refractivity contribution in [2.24, 2.45) is 5.92 Å². The van der Waals surface area contributed by atoms with Gasteiger partial charge >= 0.3 is 0 Å². The fraction of sp³-hybridized carbons (Fsp3) is 0.296. The van der Waals surface area contributed by atoms with Gasteiger partial charge in [0.25, 0.3) is 5.91 Å². The molecule has 2 saturated heterocycles. The zero-order valence-electron chi connectivity index (χ0n) is 18.7. The number of thiophene rings is 1. The fourth-order valence-corrected chi connectivity index (χ4v) is 6.69. The lowest BCUT2D eigenvalue weighted by Gasteiger charge is -2.28. The molecule has 2 fully saturated rings. The summed E-state index contributed by atoms with van der Waals surface area (Å²) in [5.41, 5.74) is 4.31. The van der Waals surface area contributed by atoms with E-state index in [9.17, 15) is 14.9 Å². The Balaban J connectivity index is 1.44. The van der Waals surface area contributed by atoms with E-state index in [0.29, 0.717) is 10.6 Å². The second-order valence-corrected chi connectivity index (χ2v) is 10.2. The minimum absolute atomic E-state index is 0.297. The molecule has 170 valence electrons. The summed E-state index contributed by atoms with van der Waals surface area (Å²) in [6, 6.07) is 19.4. The summed E-state index contributed by atoms with van der Waals surface area (Å²) in [6.45, 7) is 2.01. The Morgan fingerprint density at radius 2 is 1.74 bits per heavy atom. The number of anilines is 2. The Labute approximate surface area is 201 Å². The molecular formula is C27H23N3O3S. The van der Waals surface area contributed by atoms with E-state index in [0.717, 1.165) is 52.9 Å². The topological polar surface area (TPSA) is 73.6 Å². The summed E-state index contributed by atoms with van der Waals surface area (Å²) >= 11 is 1.42. The quantitative estimate of drug-likeness (QED) is 0.512. The second-order valence-electron chi connectivity index (χ2n) is 9.08. The summed E-state index contributed by atoms with van der Waals surface area (Å²) in [6.07, 6.45) is 2.87. The largest absolute Gasteiger partial charge is 0.273 e. The zero-order chi connectivity index (χ0) is 23.4. The van der Waals surface area contributed by atoms with Crippen molar-refractivity contribution < 1.29 is 14.4 Å². The first-order valence-corrected chi connectivity index (χ1v) is 12.4. The molecule has 0 N–H and O–H groups in total. The van der Waals surface area contributed by atoms with E-state index in [2.05, 4.69) is 6.07 Å². The van der Waals surface area contributed by atoms with E-state index in [1.165, 1.54) is 16.2 Å². The molecule has 0 bridgehead atoms. The van der Waals surface area contributed by atoms with Gasteiger partial charge in [-0.25, -0.2) is 9.96 Å². The fourth-order valence-electron chi connectivity index (χ4n) is 5.34. The van der Waals surface area contributed by atoms with E-state index in [1.54, 1.807) is 5.06 Å². The number of hydrogen-bond donors (Lipinski definition) is 0. The highest BCUT2D eigenvalue weighted by Crippen LogP contribution is 2.50. The van der Waals surface area contributed by atoms with Crippen LogP contribution in [0, 0.1) is 24.2 Å². The lowest BCUT2D eigenvalue weighted by molar-refractivity contribution is -0.126. The third-order valence-corrected chi connectivity index (χ3v) is 8.29. The van der Waals surface area contributed by atoms with Crippen LogP contribution in [0.2, 0.25) is 0 Å². The molecule has 0 radical (unpaired) electrons. The lowest BCUT2D eigenvalue weighted by atomic mass is 9.90. The third-order valence-electron chi connectivity index (χ3n) is 7.01. The van der Waals surface area contributed by atoms with Crippen molar-refractivity contribution in [2.45, 2.75) is 44.8 Å². The Hall–Kier alpha value is -3.47. The first-order chi connectivity index (χ1) is 16.6. The van der Waals surface area contributed by atoms with Crippen LogP contribution in [-0.4, -0.2) is 17.9 Å². The molecule has 34 heavy (non-hydrogen) atoms. The minimum atomic E-state index is -0.926. The molecule has 3 heterocycles. The van der Waals surface area contributed by atoms with Crippen LogP contribution in [0.3, 0.4) is 0 Å². The molecule has 2 aromatic carbocycles. The summed E-state index contributed by atoms with van der Waals surface area (Å²) in [5, 5.41) is 12.1. The summed E-state index contributed by atoms with van der Waals surface area (Å²) in [5.74, 6) is -1.38. The molecule has 0 saturated carbocycles. The van der Waals surface area contributed by atoms with Gasteiger partial charge in [0.15, 0.2) is 6.10 Å². The van der Waals surface area contributed by atoms with Gasteiger partial charge in [-0.1, -0.05) is 48.0 Å². The molecule has 2 aliphatic heterocycles. The third kappa shape index (κ3) is 3.10. The van der Waals surface area contributed by atoms with Crippen molar-refractivity contribution in [2.75, 3.05) is 9.96 Å². The molecule has 7 heteroatoms. The number of amides is 2. The standard InChI is InChI=1S/C27H23N3O3S/c1-16-11-13-17(14-12-16)23-22-24(33-30(23)18-7-3-2-4-8-18)26(32)29(25(22)31)27-20(15-28)19-9-5-6-10-21(19)34-27/h2-4,7-8,11-14,22-24H,5-6,9-10H2,1H3/t22-,23-,24-/m1/s1. The number of carbonyl (C=O) groups excluding carboxylic acids is 2. The van der Waals surface area contributed by atoms with Gasteiger partial charge < -0.3 is 0 Å². The molecule has 1 aromatic heterocycles. The maximum Gasteiger partial charge on any atom is 0.267 e. The summed E-state index contributed by atoms with van der Waals surface area (Å²) in [4.78, 5) is 36.1. The zero-order valence-corrected chi connectivity index (χ0v) is 19.5. The van der Waals surface area contributed by atoms with Crippen LogP contribution in [0.1, 0.15) is 46.0 Å². The predicted octanol–water partition coefficient (Wildman–Crippen LogP) is 4.86. The van der Waals surface area contributed by atoms with Gasteiger partial charge in [-0.05, 0) is 55.9 Å². The first kappa shape index (κ1) is 21.1. The summed E-state index contributed by atoms with van der Waals surface area (Å²) < 4.78 is 0. The van der Waals surface area contributed by atoms with Crippen LogP contribution < -0.4 is 9.96 Å². The number of hydrogen-bond acceptors (Lipinski definition) is 6. The van der Waals surface area contributed by atoms with Crippen molar-refractivity contribution in [3.8, 4) is 6.07 Å². The highest BCUT2D eigenvalue weighted by molar-refractivity contribution is 7.17. The number of para-hydroxylation sites is 1. The molecule has 3 atom stereocenters. The van der Waals surface area contributed by atoms with E-state index in [4.69, 9.17) is 4.84 Å². The maximum atomic E-state index is 13.9. The second kappa shape index (κ2) is 8.08. The Kier molecular flexibility index (Phi) is 5.01. The lowest BCUT2D eigenvalue weighted by Crippen LogP contribution is -2.37. The van der Waals surface area contributed by atoms with Gasteiger partial charge in [-0.3, -0.25) is 14.4 Å². The van der Waals surface area contributed by atoms with Gasteiger partial charge in [-0.2, -0.15) is 5.26 Å². The molecule has 6 rings (SSSR count). The Morgan fingerprint density at radius 1 is 1.00 bits per heavy atom. The van der Waals surface area contributed by atoms with Crippen LogP contribution >= 0.6 is 11.3 Å². The van der Waals surface area contributed by atoms with E-state index in [-0.39, 0.29) is 11.8 Å². The number of nitrogens with zero attached hydrogens (tertiary/aromatic N) is 3. The number of carbonyl (C=O) groups is 2. The minimum Gasteiger partial charge on any atom is -0.273 e. The van der Waals surface area contributed by atoms with Crippen molar-refractivity contribution >= 4 is 33.8 Å². The predicted molar refractivity (Wildman–Crippen MR) is 129 cm³/mol. The van der Waals surface area contributed by atoms with Gasteiger partial charge in [0, 0.05) is 4.88 Å². The van der Waals surface area contributed by atoms with Crippen LogP contribution in [0.5, 0.6) is 0 Å². The number of benzene rings is 2. The number of fused-ring (bicyclic) bond motifs is 2. The highest BCUT2D eigenvalue weighted by atomic mass is 32.1. The number of nitriles is 1. The number of rotatable bonds is 3. The number of imide groups is 1. The summed E-state index contributed by atoms with van der Waals surface area (Å²) in [7, 11) is 0. The molecule has 3 aromatic rings. The van der Waals surface area contributed by atoms with E-state index >= 15 is 0 Å². The monoisotopic (exact) mass is 469 g/mol. The average Bonchev–Trinajstić information content (AvgIpc) is 3.50. The van der Waals surface area contributed by atoms with Crippen LogP contribution in [0.15, 0.2) is 54.6 Å². The van der Waals surface area contributed by atoms with Gasteiger partial charge in [0.2, 0.25) is 5.91 Å². The molecule has 2 amide bonds. The molecule has 1 aliphatic carbocycles. The van der Waals surface area contributed by atoms with Crippen LogP contribution in [0.4, 0.5) is 10.7 Å². The molecule has 6 nitrogen and oxygen atoms in total. The molecule has 3 aliphatic rings. The number of aryl methyl sites for hydroxylation is 2. The normalized spacial score (nSPS) is 23.7. The highest BCUT2D eigenvalue weighted by Gasteiger charge is 2.61.